The fourth-order valence-electron chi connectivity index (χ4n) is 3.10. The molecule has 1 fully saturated rings. The van der Waals surface area contributed by atoms with Gasteiger partial charge in [-0.05, 0) is 23.8 Å². The van der Waals surface area contributed by atoms with E-state index >= 15 is 4.39 Å². The first kappa shape index (κ1) is 15.1. The fourth-order valence-corrected chi connectivity index (χ4v) is 3.29. The Morgan fingerprint density at radius 1 is 1.33 bits per heavy atom. The van der Waals surface area contributed by atoms with E-state index in [9.17, 15) is 4.79 Å². The molecule has 1 aromatic carbocycles. The summed E-state index contributed by atoms with van der Waals surface area (Å²) in [7, 11) is 0. The van der Waals surface area contributed by atoms with Gasteiger partial charge in [-0.1, -0.05) is 23.7 Å². The van der Waals surface area contributed by atoms with Gasteiger partial charge >= 0.3 is 0 Å². The van der Waals surface area contributed by atoms with Gasteiger partial charge in [0.25, 0.3) is 5.91 Å². The van der Waals surface area contributed by atoms with Crippen molar-refractivity contribution in [1.82, 2.24) is 19.5 Å². The number of amides is 1. The van der Waals surface area contributed by atoms with Gasteiger partial charge < -0.3 is 4.90 Å². The van der Waals surface area contributed by atoms with Crippen LogP contribution in [0.1, 0.15) is 22.3 Å². The van der Waals surface area contributed by atoms with Crippen molar-refractivity contribution in [3.63, 3.8) is 0 Å². The van der Waals surface area contributed by atoms with Gasteiger partial charge in [0.2, 0.25) is 0 Å². The zero-order valence-electron chi connectivity index (χ0n) is 12.7. The van der Waals surface area contributed by atoms with Crippen LogP contribution in [0.5, 0.6) is 0 Å². The Morgan fingerprint density at radius 3 is 3.04 bits per heavy atom. The molecule has 3 aromatic rings. The number of nitrogens with zero attached hydrogens (tertiary/aromatic N) is 4. The highest BCUT2D eigenvalue weighted by Gasteiger charge is 2.42. The second kappa shape index (κ2) is 5.56. The maximum atomic E-state index is 15.3. The van der Waals surface area contributed by atoms with Crippen LogP contribution in [0.4, 0.5) is 4.39 Å². The van der Waals surface area contributed by atoms with Crippen molar-refractivity contribution in [2.45, 2.75) is 12.1 Å². The summed E-state index contributed by atoms with van der Waals surface area (Å²) >= 11 is 5.96. The molecule has 3 heterocycles. The van der Waals surface area contributed by atoms with E-state index in [2.05, 4.69) is 10.1 Å². The van der Waals surface area contributed by atoms with Crippen molar-refractivity contribution >= 4 is 23.2 Å². The largest absolute Gasteiger partial charge is 0.335 e. The highest BCUT2D eigenvalue weighted by molar-refractivity contribution is 6.30. The third kappa shape index (κ3) is 2.43. The number of carbonyl (C=O) groups is 1. The van der Waals surface area contributed by atoms with Gasteiger partial charge in [-0.25, -0.2) is 13.9 Å². The number of aromatic nitrogens is 3. The van der Waals surface area contributed by atoms with E-state index in [1.807, 2.05) is 0 Å². The topological polar surface area (TPSA) is 50.5 Å². The molecule has 0 bridgehead atoms. The summed E-state index contributed by atoms with van der Waals surface area (Å²) in [4.78, 5) is 18.4. The second-order valence-corrected chi connectivity index (χ2v) is 6.33. The molecule has 1 atom stereocenters. The number of halogens is 2. The molecule has 0 aliphatic carbocycles. The van der Waals surface area contributed by atoms with Gasteiger partial charge in [0.1, 0.15) is 5.56 Å². The minimum atomic E-state index is -1.59. The first-order valence-corrected chi connectivity index (χ1v) is 7.97. The average Bonchev–Trinajstić information content (AvgIpc) is 3.19. The van der Waals surface area contributed by atoms with Gasteiger partial charge in [0, 0.05) is 30.4 Å². The molecule has 0 radical (unpaired) electrons. The summed E-state index contributed by atoms with van der Waals surface area (Å²) < 4.78 is 16.8. The molecule has 7 heteroatoms. The number of rotatable bonds is 2. The van der Waals surface area contributed by atoms with Crippen LogP contribution in [0.15, 0.2) is 48.9 Å². The van der Waals surface area contributed by atoms with Crippen LogP contribution in [0.25, 0.3) is 5.65 Å². The summed E-state index contributed by atoms with van der Waals surface area (Å²) in [6.45, 7) is 0.336. The summed E-state index contributed by atoms with van der Waals surface area (Å²) in [6.07, 6.45) is 5.03. The van der Waals surface area contributed by atoms with Crippen molar-refractivity contribution in [3.8, 4) is 0 Å². The van der Waals surface area contributed by atoms with Crippen molar-refractivity contribution in [1.29, 1.82) is 0 Å². The molecule has 1 saturated heterocycles. The molecule has 5 nitrogen and oxygen atoms in total. The Labute approximate surface area is 142 Å². The maximum absolute atomic E-state index is 15.3. The van der Waals surface area contributed by atoms with E-state index < -0.39 is 5.67 Å². The first-order valence-electron chi connectivity index (χ1n) is 7.59. The first-order chi connectivity index (χ1) is 11.6. The Hall–Kier alpha value is -2.47. The van der Waals surface area contributed by atoms with Gasteiger partial charge in [0.05, 0.1) is 12.7 Å². The smallest absolute Gasteiger partial charge is 0.259 e. The molecule has 4 rings (SSSR count). The van der Waals surface area contributed by atoms with Crippen LogP contribution >= 0.6 is 11.6 Å². The van der Waals surface area contributed by atoms with Gasteiger partial charge in [0.15, 0.2) is 11.3 Å². The Bertz CT molecular complexity index is 928. The molecular weight excluding hydrogens is 331 g/mol. The lowest BCUT2D eigenvalue weighted by Gasteiger charge is -2.21. The number of benzene rings is 1. The monoisotopic (exact) mass is 344 g/mol. The van der Waals surface area contributed by atoms with Crippen LogP contribution in [0, 0.1) is 0 Å². The molecule has 1 aliphatic heterocycles. The standard InChI is InChI=1S/C17H14ClFN4O/c18-13-4-1-3-12(9-13)17(19)5-8-22(11-17)16(24)14-10-21-23-7-2-6-20-15(14)23/h1-4,6-7,9-10H,5,8,11H2/t17-/m0/s1. The number of carbonyl (C=O) groups excluding carboxylic acids is 1. The summed E-state index contributed by atoms with van der Waals surface area (Å²) in [5.74, 6) is -0.259. The number of hydrogen-bond donors (Lipinski definition) is 0. The third-order valence-corrected chi connectivity index (χ3v) is 4.59. The highest BCUT2D eigenvalue weighted by Crippen LogP contribution is 2.37. The molecule has 2 aromatic heterocycles. The molecule has 0 saturated carbocycles. The second-order valence-electron chi connectivity index (χ2n) is 5.90. The summed E-state index contributed by atoms with van der Waals surface area (Å²) in [5, 5.41) is 4.60. The van der Waals surface area contributed by atoms with Crippen LogP contribution in [0.2, 0.25) is 5.02 Å². The Balaban J connectivity index is 1.61. The van der Waals surface area contributed by atoms with E-state index in [1.54, 1.807) is 42.7 Å². The van der Waals surface area contributed by atoms with Gasteiger partial charge in [-0.3, -0.25) is 4.79 Å². The van der Waals surface area contributed by atoms with Gasteiger partial charge in [-0.2, -0.15) is 5.10 Å². The maximum Gasteiger partial charge on any atom is 0.259 e. The molecule has 0 N–H and O–H groups in total. The van der Waals surface area contributed by atoms with E-state index in [1.165, 1.54) is 15.6 Å². The Kier molecular flexibility index (Phi) is 3.49. The number of fused-ring (bicyclic) bond motifs is 1. The predicted octanol–water partition coefficient (Wildman–Crippen LogP) is 3.09. The normalized spacial score (nSPS) is 20.7. The van der Waals surface area contributed by atoms with E-state index in [0.29, 0.717) is 28.3 Å². The van der Waals surface area contributed by atoms with E-state index in [-0.39, 0.29) is 18.9 Å². The van der Waals surface area contributed by atoms with Crippen molar-refractivity contribution in [2.75, 3.05) is 13.1 Å². The van der Waals surface area contributed by atoms with Crippen LogP contribution in [-0.2, 0) is 5.67 Å². The minimum Gasteiger partial charge on any atom is -0.335 e. The van der Waals surface area contributed by atoms with E-state index in [4.69, 9.17) is 11.6 Å². The molecule has 1 aliphatic rings. The quantitative estimate of drug-likeness (QED) is 0.717. The molecule has 122 valence electrons. The summed E-state index contributed by atoms with van der Waals surface area (Å²) in [5.41, 5.74) is -0.229. The third-order valence-electron chi connectivity index (χ3n) is 4.36. The van der Waals surface area contributed by atoms with Crippen molar-refractivity contribution in [2.24, 2.45) is 0 Å². The lowest BCUT2D eigenvalue weighted by molar-refractivity contribution is 0.0752. The number of alkyl halides is 1. The molecule has 0 spiro atoms. The van der Waals surface area contributed by atoms with E-state index in [0.717, 1.165) is 0 Å². The molecule has 24 heavy (non-hydrogen) atoms. The zero-order chi connectivity index (χ0) is 16.7. The van der Waals surface area contributed by atoms with Crippen LogP contribution in [0.3, 0.4) is 0 Å². The van der Waals surface area contributed by atoms with Crippen LogP contribution < -0.4 is 0 Å². The number of hydrogen-bond acceptors (Lipinski definition) is 3. The average molecular weight is 345 g/mol. The van der Waals surface area contributed by atoms with Crippen LogP contribution in [-0.4, -0.2) is 38.5 Å². The van der Waals surface area contributed by atoms with Crippen molar-refractivity contribution < 1.29 is 9.18 Å². The molecular formula is C17H14ClFN4O. The van der Waals surface area contributed by atoms with Gasteiger partial charge in [-0.15, -0.1) is 0 Å². The predicted molar refractivity (Wildman–Crippen MR) is 87.7 cm³/mol. The lowest BCUT2D eigenvalue weighted by Crippen LogP contribution is -2.32. The SMILES string of the molecule is O=C(c1cnn2cccnc12)N1CC[C@@](F)(c2cccc(Cl)c2)C1. The number of likely N-dealkylation sites (tertiary alicyclic amines) is 1. The van der Waals surface area contributed by atoms with Crippen molar-refractivity contribution in [3.05, 3.63) is 65.1 Å². The molecule has 1 amide bonds. The Morgan fingerprint density at radius 2 is 2.21 bits per heavy atom. The minimum absolute atomic E-state index is 0.00362. The fraction of sp³-hybridized carbons (Fsp3) is 0.235. The zero-order valence-corrected chi connectivity index (χ0v) is 13.4. The highest BCUT2D eigenvalue weighted by atomic mass is 35.5. The molecule has 0 unspecified atom stereocenters. The lowest BCUT2D eigenvalue weighted by atomic mass is 9.95. The summed E-state index contributed by atoms with van der Waals surface area (Å²) in [6, 6.07) is 8.48.